The van der Waals surface area contributed by atoms with Gasteiger partial charge in [0.2, 0.25) is 0 Å². The van der Waals surface area contributed by atoms with E-state index in [4.69, 9.17) is 4.98 Å². The molecule has 1 aliphatic rings. The molecule has 0 aliphatic heterocycles. The summed E-state index contributed by atoms with van der Waals surface area (Å²) in [5.41, 5.74) is 2.06. The fourth-order valence-corrected chi connectivity index (χ4v) is 4.63. The third-order valence-electron chi connectivity index (χ3n) is 5.47. The fourth-order valence-electron chi connectivity index (χ4n) is 3.64. The molecule has 0 spiro atoms. The van der Waals surface area contributed by atoms with E-state index >= 15 is 0 Å². The third kappa shape index (κ3) is 2.47. The highest BCUT2D eigenvalue weighted by atomic mass is 32.1. The zero-order valence-electron chi connectivity index (χ0n) is 13.4. The Bertz CT molecular complexity index is 426. The van der Waals surface area contributed by atoms with Crippen LogP contribution < -0.4 is 5.32 Å². The van der Waals surface area contributed by atoms with E-state index in [0.29, 0.717) is 16.9 Å². The Balaban J connectivity index is 2.14. The Kier molecular flexibility index (Phi) is 3.83. The van der Waals surface area contributed by atoms with Gasteiger partial charge in [0.15, 0.2) is 0 Å². The Morgan fingerprint density at radius 2 is 1.79 bits per heavy atom. The smallest absolute Gasteiger partial charge is 0.0946 e. The van der Waals surface area contributed by atoms with Gasteiger partial charge in [-0.05, 0) is 37.1 Å². The molecule has 2 rings (SSSR count). The molecular weight excluding hydrogens is 252 g/mol. The maximum atomic E-state index is 4.72. The molecule has 1 aromatic rings. The standard InChI is InChI=1S/C16H28N2S/c1-8-17-12(14-15(4,5)16(14,6)7)9-13-18-10(2)11(3)19-13/h12,14,17H,8-9H2,1-7H3. The normalized spacial score (nSPS) is 22.5. The average molecular weight is 280 g/mol. The molecule has 0 bridgehead atoms. The summed E-state index contributed by atoms with van der Waals surface area (Å²) in [5.74, 6) is 0.740. The van der Waals surface area contributed by atoms with Crippen LogP contribution in [0.15, 0.2) is 0 Å². The molecule has 1 atom stereocenters. The summed E-state index contributed by atoms with van der Waals surface area (Å²) in [4.78, 5) is 6.08. The lowest BCUT2D eigenvalue weighted by atomic mass is 10.0. The van der Waals surface area contributed by atoms with Crippen LogP contribution in [0.3, 0.4) is 0 Å². The van der Waals surface area contributed by atoms with Gasteiger partial charge in [-0.1, -0.05) is 34.6 Å². The Morgan fingerprint density at radius 3 is 2.16 bits per heavy atom. The number of hydrogen-bond donors (Lipinski definition) is 1. The van der Waals surface area contributed by atoms with Gasteiger partial charge in [0.1, 0.15) is 0 Å². The number of nitrogens with zero attached hydrogens (tertiary/aromatic N) is 1. The van der Waals surface area contributed by atoms with Crippen LogP contribution in [0.5, 0.6) is 0 Å². The van der Waals surface area contributed by atoms with Crippen LogP contribution >= 0.6 is 11.3 Å². The van der Waals surface area contributed by atoms with Gasteiger partial charge < -0.3 is 5.32 Å². The molecule has 0 saturated heterocycles. The monoisotopic (exact) mass is 280 g/mol. The van der Waals surface area contributed by atoms with E-state index < -0.39 is 0 Å². The van der Waals surface area contributed by atoms with Gasteiger partial charge in [-0.3, -0.25) is 0 Å². The van der Waals surface area contributed by atoms with Gasteiger partial charge in [0, 0.05) is 17.3 Å². The molecule has 1 saturated carbocycles. The van der Waals surface area contributed by atoms with Crippen LogP contribution in [-0.4, -0.2) is 17.6 Å². The first-order valence-corrected chi connectivity index (χ1v) is 8.19. The van der Waals surface area contributed by atoms with Crippen molar-refractivity contribution in [3.8, 4) is 0 Å². The van der Waals surface area contributed by atoms with E-state index in [2.05, 4.69) is 53.8 Å². The number of rotatable bonds is 5. The highest BCUT2D eigenvalue weighted by molar-refractivity contribution is 7.11. The summed E-state index contributed by atoms with van der Waals surface area (Å²) in [7, 11) is 0. The van der Waals surface area contributed by atoms with Crippen molar-refractivity contribution in [2.24, 2.45) is 16.7 Å². The van der Waals surface area contributed by atoms with Gasteiger partial charge in [-0.15, -0.1) is 11.3 Å². The Morgan fingerprint density at radius 1 is 1.21 bits per heavy atom. The molecule has 1 fully saturated rings. The first-order chi connectivity index (χ1) is 8.71. The molecule has 1 heterocycles. The molecule has 1 N–H and O–H groups in total. The first-order valence-electron chi connectivity index (χ1n) is 7.38. The summed E-state index contributed by atoms with van der Waals surface area (Å²) in [6.07, 6.45) is 1.07. The molecule has 19 heavy (non-hydrogen) atoms. The van der Waals surface area contributed by atoms with Crippen molar-refractivity contribution in [3.05, 3.63) is 15.6 Å². The lowest BCUT2D eigenvalue weighted by Crippen LogP contribution is -2.35. The second kappa shape index (κ2) is 4.85. The largest absolute Gasteiger partial charge is 0.314 e. The predicted octanol–water partition coefficient (Wildman–Crippen LogP) is 3.96. The van der Waals surface area contributed by atoms with Crippen molar-refractivity contribution in [1.29, 1.82) is 0 Å². The number of nitrogens with one attached hydrogen (secondary N) is 1. The minimum atomic E-state index is 0.432. The minimum Gasteiger partial charge on any atom is -0.314 e. The molecule has 0 amide bonds. The van der Waals surface area contributed by atoms with Crippen molar-refractivity contribution < 1.29 is 0 Å². The highest BCUT2D eigenvalue weighted by Gasteiger charge is 2.66. The molecule has 108 valence electrons. The molecule has 1 unspecified atom stereocenters. The number of aryl methyl sites for hydroxylation is 2. The lowest BCUT2D eigenvalue weighted by Gasteiger charge is -2.19. The summed E-state index contributed by atoms with van der Waals surface area (Å²) in [6.45, 7) is 17.1. The molecule has 0 radical (unpaired) electrons. The van der Waals surface area contributed by atoms with Gasteiger partial charge in [0.05, 0.1) is 10.7 Å². The van der Waals surface area contributed by atoms with Gasteiger partial charge in [-0.25, -0.2) is 4.98 Å². The van der Waals surface area contributed by atoms with Crippen LogP contribution in [-0.2, 0) is 6.42 Å². The van der Waals surface area contributed by atoms with Gasteiger partial charge >= 0.3 is 0 Å². The third-order valence-corrected chi connectivity index (χ3v) is 6.56. The van der Waals surface area contributed by atoms with Crippen molar-refractivity contribution in [1.82, 2.24) is 10.3 Å². The quantitative estimate of drug-likeness (QED) is 0.883. The van der Waals surface area contributed by atoms with Crippen LogP contribution in [0.25, 0.3) is 0 Å². The van der Waals surface area contributed by atoms with E-state index in [1.165, 1.54) is 15.6 Å². The number of likely N-dealkylation sites (N-methyl/N-ethyl adjacent to an activating group) is 1. The predicted molar refractivity (Wildman–Crippen MR) is 83.8 cm³/mol. The first kappa shape index (κ1) is 15.0. The van der Waals surface area contributed by atoms with E-state index in [-0.39, 0.29) is 0 Å². The van der Waals surface area contributed by atoms with Crippen molar-refractivity contribution in [3.63, 3.8) is 0 Å². The molecule has 2 nitrogen and oxygen atoms in total. The highest BCUT2D eigenvalue weighted by Crippen LogP contribution is 2.69. The SMILES string of the molecule is CCNC(Cc1nc(C)c(C)s1)C1C(C)(C)C1(C)C. The van der Waals surface area contributed by atoms with E-state index in [0.717, 1.165) is 18.9 Å². The maximum absolute atomic E-state index is 4.72. The zero-order valence-corrected chi connectivity index (χ0v) is 14.2. The molecular formula is C16H28N2S. The van der Waals surface area contributed by atoms with Gasteiger partial charge in [0.25, 0.3) is 0 Å². The summed E-state index contributed by atoms with van der Waals surface area (Å²) >= 11 is 1.86. The summed E-state index contributed by atoms with van der Waals surface area (Å²) < 4.78 is 0. The van der Waals surface area contributed by atoms with E-state index in [1.54, 1.807) is 0 Å². The second-order valence-corrected chi connectivity index (χ2v) is 8.33. The summed E-state index contributed by atoms with van der Waals surface area (Å²) in [5, 5.41) is 4.99. The van der Waals surface area contributed by atoms with Crippen molar-refractivity contribution in [2.45, 2.75) is 60.9 Å². The van der Waals surface area contributed by atoms with Crippen LogP contribution in [0.1, 0.15) is 50.2 Å². The van der Waals surface area contributed by atoms with Crippen LogP contribution in [0.2, 0.25) is 0 Å². The van der Waals surface area contributed by atoms with Crippen molar-refractivity contribution in [2.75, 3.05) is 6.54 Å². The van der Waals surface area contributed by atoms with Crippen LogP contribution in [0, 0.1) is 30.6 Å². The lowest BCUT2D eigenvalue weighted by molar-refractivity contribution is 0.402. The fraction of sp³-hybridized carbons (Fsp3) is 0.812. The van der Waals surface area contributed by atoms with Crippen molar-refractivity contribution >= 4 is 11.3 Å². The van der Waals surface area contributed by atoms with Gasteiger partial charge in [-0.2, -0.15) is 0 Å². The molecule has 1 aromatic heterocycles. The van der Waals surface area contributed by atoms with E-state index in [1.807, 2.05) is 11.3 Å². The molecule has 3 heteroatoms. The van der Waals surface area contributed by atoms with Crippen LogP contribution in [0.4, 0.5) is 0 Å². The topological polar surface area (TPSA) is 24.9 Å². The summed E-state index contributed by atoms with van der Waals surface area (Å²) in [6, 6.07) is 0.556. The Labute approximate surface area is 122 Å². The number of aromatic nitrogens is 1. The number of hydrogen-bond acceptors (Lipinski definition) is 3. The minimum absolute atomic E-state index is 0.432. The Hall–Kier alpha value is -0.410. The second-order valence-electron chi connectivity index (χ2n) is 7.04. The molecule has 1 aliphatic carbocycles. The molecule has 0 aromatic carbocycles. The zero-order chi connectivity index (χ0) is 14.4. The maximum Gasteiger partial charge on any atom is 0.0946 e. The van der Waals surface area contributed by atoms with E-state index in [9.17, 15) is 0 Å². The number of thiazole rings is 1. The average Bonchev–Trinajstić information content (AvgIpc) is 2.50.